The maximum absolute atomic E-state index is 11.3. The van der Waals surface area contributed by atoms with Gasteiger partial charge in [-0.25, -0.2) is 14.8 Å². The first-order valence-corrected chi connectivity index (χ1v) is 6.12. The summed E-state index contributed by atoms with van der Waals surface area (Å²) in [4.78, 5) is 29.9. The van der Waals surface area contributed by atoms with Gasteiger partial charge in [0, 0.05) is 10.9 Å². The number of thioether (sulfide) groups is 1. The van der Waals surface area contributed by atoms with Crippen LogP contribution in [0.25, 0.3) is 0 Å². The van der Waals surface area contributed by atoms with Gasteiger partial charge >= 0.3 is 11.9 Å². The number of carboxylic acid groups (broad SMARTS) is 1. The first-order chi connectivity index (χ1) is 8.42. The molecule has 0 fully saturated rings. The molecule has 18 heavy (non-hydrogen) atoms. The van der Waals surface area contributed by atoms with Gasteiger partial charge in [0.05, 0.1) is 13.5 Å². The number of ether oxygens (including phenoxy) is 1. The Bertz CT molecular complexity index is 464. The highest BCUT2D eigenvalue weighted by Gasteiger charge is 2.15. The monoisotopic (exact) mass is 270 g/mol. The number of aromatic nitrogens is 2. The molecule has 7 heteroatoms. The van der Waals surface area contributed by atoms with Gasteiger partial charge in [-0.1, -0.05) is 6.92 Å². The van der Waals surface area contributed by atoms with E-state index in [1.54, 1.807) is 19.9 Å². The Labute approximate surface area is 109 Å². The molecule has 1 unspecified atom stereocenters. The summed E-state index contributed by atoms with van der Waals surface area (Å²) in [6, 6.07) is 1.70. The van der Waals surface area contributed by atoms with E-state index in [1.807, 2.05) is 0 Å². The minimum atomic E-state index is -0.867. The van der Waals surface area contributed by atoms with Crippen LogP contribution >= 0.6 is 11.8 Å². The molecule has 1 aromatic rings. The van der Waals surface area contributed by atoms with E-state index in [1.165, 1.54) is 18.9 Å². The van der Waals surface area contributed by atoms with Crippen molar-refractivity contribution in [3.05, 3.63) is 17.6 Å². The van der Waals surface area contributed by atoms with Crippen LogP contribution in [0.1, 0.15) is 29.7 Å². The number of nitrogens with zero attached hydrogens (tertiary/aromatic N) is 2. The highest BCUT2D eigenvalue weighted by molar-refractivity contribution is 7.99. The minimum Gasteiger partial charge on any atom is -0.481 e. The fourth-order valence-corrected chi connectivity index (χ4v) is 2.29. The second-order valence-electron chi connectivity index (χ2n) is 3.69. The molecule has 0 bridgehead atoms. The number of carbonyl (C=O) groups excluding carboxylic acids is 1. The molecule has 1 heterocycles. The van der Waals surface area contributed by atoms with Crippen molar-refractivity contribution in [1.29, 1.82) is 0 Å². The van der Waals surface area contributed by atoms with Crippen LogP contribution in [0.2, 0.25) is 0 Å². The lowest BCUT2D eigenvalue weighted by Crippen LogP contribution is -2.10. The molecule has 6 nitrogen and oxygen atoms in total. The van der Waals surface area contributed by atoms with Gasteiger partial charge in [0.15, 0.2) is 0 Å². The van der Waals surface area contributed by atoms with Gasteiger partial charge in [-0.3, -0.25) is 4.79 Å². The van der Waals surface area contributed by atoms with Crippen molar-refractivity contribution in [2.45, 2.75) is 30.5 Å². The van der Waals surface area contributed by atoms with Gasteiger partial charge in [0.25, 0.3) is 0 Å². The first kappa shape index (κ1) is 14.4. The van der Waals surface area contributed by atoms with Crippen molar-refractivity contribution in [3.8, 4) is 0 Å². The number of carbonyl (C=O) groups is 2. The van der Waals surface area contributed by atoms with E-state index in [0.717, 1.165) is 0 Å². The lowest BCUT2D eigenvalue weighted by Gasteiger charge is -2.09. The summed E-state index contributed by atoms with van der Waals surface area (Å²) in [5.74, 6) is -1.48. The van der Waals surface area contributed by atoms with Gasteiger partial charge in [0.1, 0.15) is 5.03 Å². The van der Waals surface area contributed by atoms with Crippen molar-refractivity contribution in [2.24, 2.45) is 0 Å². The average Bonchev–Trinajstić information content (AvgIpc) is 2.25. The third-order valence-electron chi connectivity index (χ3n) is 1.98. The van der Waals surface area contributed by atoms with Crippen molar-refractivity contribution in [1.82, 2.24) is 9.97 Å². The predicted molar refractivity (Wildman–Crippen MR) is 65.7 cm³/mol. The summed E-state index contributed by atoms with van der Waals surface area (Å²) < 4.78 is 4.55. The molecule has 0 saturated carbocycles. The summed E-state index contributed by atoms with van der Waals surface area (Å²) in [7, 11) is 1.26. The standard InChI is InChI=1S/C11H14N2O4S/c1-6-4-8(18-7(2)5-9(14)15)13-10(12-6)11(16)17-3/h4,7H,5H2,1-3H3,(H,14,15). The van der Waals surface area contributed by atoms with Crippen LogP contribution in [0.4, 0.5) is 0 Å². The molecule has 0 aliphatic rings. The van der Waals surface area contributed by atoms with E-state index in [2.05, 4.69) is 14.7 Å². The molecule has 0 radical (unpaired) electrons. The first-order valence-electron chi connectivity index (χ1n) is 5.24. The molecular weight excluding hydrogens is 256 g/mol. The van der Waals surface area contributed by atoms with Crippen LogP contribution in [0.15, 0.2) is 11.1 Å². The van der Waals surface area contributed by atoms with Crippen molar-refractivity contribution in [2.75, 3.05) is 7.11 Å². The number of rotatable bonds is 5. The molecular formula is C11H14N2O4S. The number of hydrogen-bond donors (Lipinski definition) is 1. The van der Waals surface area contributed by atoms with E-state index >= 15 is 0 Å². The lowest BCUT2D eigenvalue weighted by molar-refractivity contribution is -0.136. The largest absolute Gasteiger partial charge is 0.481 e. The van der Waals surface area contributed by atoms with Crippen LogP contribution in [0.3, 0.4) is 0 Å². The fraction of sp³-hybridized carbons (Fsp3) is 0.455. The zero-order chi connectivity index (χ0) is 13.7. The topological polar surface area (TPSA) is 89.4 Å². The highest BCUT2D eigenvalue weighted by atomic mass is 32.2. The van der Waals surface area contributed by atoms with E-state index in [9.17, 15) is 9.59 Å². The Morgan fingerprint density at radius 3 is 2.72 bits per heavy atom. The number of esters is 1. The van der Waals surface area contributed by atoms with Crippen molar-refractivity contribution in [3.63, 3.8) is 0 Å². The van der Waals surface area contributed by atoms with Crippen LogP contribution in [-0.4, -0.2) is 39.4 Å². The third kappa shape index (κ3) is 4.33. The minimum absolute atomic E-state index is 0.0116. The lowest BCUT2D eigenvalue weighted by atomic mass is 10.3. The number of methoxy groups -OCH3 is 1. The highest BCUT2D eigenvalue weighted by Crippen LogP contribution is 2.23. The number of hydrogen-bond acceptors (Lipinski definition) is 6. The molecule has 1 aromatic heterocycles. The van der Waals surface area contributed by atoms with E-state index in [0.29, 0.717) is 10.7 Å². The summed E-state index contributed by atoms with van der Waals surface area (Å²) in [6.07, 6.45) is 0.0290. The average molecular weight is 270 g/mol. The smallest absolute Gasteiger partial charge is 0.376 e. The van der Waals surface area contributed by atoms with E-state index in [-0.39, 0.29) is 17.5 Å². The van der Waals surface area contributed by atoms with Gasteiger partial charge in [-0.05, 0) is 13.0 Å². The van der Waals surface area contributed by atoms with Crippen molar-refractivity contribution >= 4 is 23.7 Å². The normalized spacial score (nSPS) is 11.9. The van der Waals surface area contributed by atoms with Crippen LogP contribution in [0, 0.1) is 6.92 Å². The molecule has 1 N–H and O–H groups in total. The SMILES string of the molecule is COC(=O)c1nc(C)cc(SC(C)CC(=O)O)n1. The van der Waals surface area contributed by atoms with E-state index in [4.69, 9.17) is 5.11 Å². The second-order valence-corrected chi connectivity index (χ2v) is 5.15. The summed E-state index contributed by atoms with van der Waals surface area (Å²) in [5, 5.41) is 9.11. The number of aryl methyl sites for hydroxylation is 1. The Kier molecular flexibility index (Phi) is 5.08. The second kappa shape index (κ2) is 6.34. The molecule has 0 saturated heterocycles. The molecule has 98 valence electrons. The van der Waals surface area contributed by atoms with Gasteiger partial charge in [-0.2, -0.15) is 0 Å². The molecule has 0 spiro atoms. The molecule has 0 amide bonds. The molecule has 0 aromatic carbocycles. The molecule has 1 atom stereocenters. The van der Waals surface area contributed by atoms with E-state index < -0.39 is 11.9 Å². The number of aliphatic carboxylic acids is 1. The van der Waals surface area contributed by atoms with Gasteiger partial charge in [-0.15, -0.1) is 11.8 Å². The molecule has 0 aliphatic carbocycles. The maximum Gasteiger partial charge on any atom is 0.376 e. The molecule has 1 rings (SSSR count). The Hall–Kier alpha value is -1.63. The molecule has 0 aliphatic heterocycles. The third-order valence-corrected chi connectivity index (χ3v) is 3.00. The zero-order valence-corrected chi connectivity index (χ0v) is 11.2. The summed E-state index contributed by atoms with van der Waals surface area (Å²) in [6.45, 7) is 3.52. The Balaban J connectivity index is 2.86. The van der Waals surface area contributed by atoms with Gasteiger partial charge in [0.2, 0.25) is 5.82 Å². The summed E-state index contributed by atoms with van der Waals surface area (Å²) in [5.41, 5.74) is 0.635. The maximum atomic E-state index is 11.3. The summed E-state index contributed by atoms with van der Waals surface area (Å²) >= 11 is 1.29. The number of carboxylic acids is 1. The van der Waals surface area contributed by atoms with Gasteiger partial charge < -0.3 is 9.84 Å². The van der Waals surface area contributed by atoms with Crippen LogP contribution in [-0.2, 0) is 9.53 Å². The quantitative estimate of drug-likeness (QED) is 0.493. The Morgan fingerprint density at radius 1 is 1.50 bits per heavy atom. The van der Waals surface area contributed by atoms with Crippen molar-refractivity contribution < 1.29 is 19.4 Å². The Morgan fingerprint density at radius 2 is 2.17 bits per heavy atom. The van der Waals surface area contributed by atoms with Crippen LogP contribution in [0.5, 0.6) is 0 Å². The fourth-order valence-electron chi connectivity index (χ4n) is 1.28. The predicted octanol–water partition coefficient (Wildman–Crippen LogP) is 1.53. The van der Waals surface area contributed by atoms with Crippen LogP contribution < -0.4 is 0 Å². The zero-order valence-electron chi connectivity index (χ0n) is 10.3.